The molecule has 0 bridgehead atoms. The van der Waals surface area contributed by atoms with E-state index in [-0.39, 0.29) is 6.04 Å². The van der Waals surface area contributed by atoms with E-state index in [4.69, 9.17) is 5.73 Å². The molecule has 6 nitrogen and oxygen atoms in total. The van der Waals surface area contributed by atoms with Gasteiger partial charge in [0.05, 0.1) is 5.69 Å². The number of aromatic nitrogens is 3. The van der Waals surface area contributed by atoms with Crippen molar-refractivity contribution in [3.05, 3.63) is 30.9 Å². The number of hydrogen-bond acceptors (Lipinski definition) is 5. The maximum Gasteiger partial charge on any atom is 0.135 e. The Balaban J connectivity index is 1.76. The fourth-order valence-corrected chi connectivity index (χ4v) is 2.13. The standard InChI is InChI=1S/C12H16N6/c13-9-2-4-18(7-9)12-5-11(15-8-16-12)17-10-1-3-14-6-10/h1,3,5-6,8-9,14H,2,4,7,13H2,(H,15,16,17). The van der Waals surface area contributed by atoms with Gasteiger partial charge in [0.1, 0.15) is 18.0 Å². The van der Waals surface area contributed by atoms with Gasteiger partial charge in [-0.2, -0.15) is 0 Å². The van der Waals surface area contributed by atoms with Crippen LogP contribution in [0.25, 0.3) is 0 Å². The van der Waals surface area contributed by atoms with E-state index in [0.29, 0.717) is 0 Å². The van der Waals surface area contributed by atoms with Crippen LogP contribution in [0.5, 0.6) is 0 Å². The van der Waals surface area contributed by atoms with Crippen LogP contribution in [0.15, 0.2) is 30.9 Å². The normalized spacial score (nSPS) is 19.2. The first kappa shape index (κ1) is 11.0. The molecule has 0 aliphatic carbocycles. The third-order valence-electron chi connectivity index (χ3n) is 3.07. The average molecular weight is 244 g/mol. The Morgan fingerprint density at radius 1 is 1.44 bits per heavy atom. The Hall–Kier alpha value is -2.08. The zero-order valence-corrected chi connectivity index (χ0v) is 10.0. The van der Waals surface area contributed by atoms with Crippen molar-refractivity contribution in [3.63, 3.8) is 0 Å². The average Bonchev–Trinajstić information content (AvgIpc) is 3.01. The topological polar surface area (TPSA) is 82.9 Å². The van der Waals surface area contributed by atoms with Gasteiger partial charge in [-0.25, -0.2) is 9.97 Å². The molecule has 4 N–H and O–H groups in total. The van der Waals surface area contributed by atoms with E-state index in [0.717, 1.165) is 36.8 Å². The lowest BCUT2D eigenvalue weighted by Crippen LogP contribution is -2.26. The molecule has 1 atom stereocenters. The molecule has 1 aliphatic rings. The van der Waals surface area contributed by atoms with Crippen molar-refractivity contribution < 1.29 is 0 Å². The number of H-pyrrole nitrogens is 1. The van der Waals surface area contributed by atoms with E-state index < -0.39 is 0 Å². The molecule has 2 aromatic rings. The SMILES string of the molecule is NC1CCN(c2cc(Nc3cc[nH]c3)ncn2)C1. The highest BCUT2D eigenvalue weighted by molar-refractivity contribution is 5.58. The van der Waals surface area contributed by atoms with Gasteiger partial charge in [0.15, 0.2) is 0 Å². The second-order valence-corrected chi connectivity index (χ2v) is 4.48. The molecule has 1 fully saturated rings. The Kier molecular flexibility index (Phi) is 2.85. The van der Waals surface area contributed by atoms with Crippen LogP contribution in [0.3, 0.4) is 0 Å². The zero-order valence-electron chi connectivity index (χ0n) is 10.0. The number of nitrogens with one attached hydrogen (secondary N) is 2. The largest absolute Gasteiger partial charge is 0.366 e. The summed E-state index contributed by atoms with van der Waals surface area (Å²) in [6.45, 7) is 1.82. The van der Waals surface area contributed by atoms with Crippen LogP contribution < -0.4 is 16.0 Å². The quantitative estimate of drug-likeness (QED) is 0.752. The van der Waals surface area contributed by atoms with Gasteiger partial charge in [0, 0.05) is 37.6 Å². The highest BCUT2D eigenvalue weighted by Gasteiger charge is 2.20. The molecule has 0 saturated carbocycles. The van der Waals surface area contributed by atoms with Gasteiger partial charge >= 0.3 is 0 Å². The molecule has 3 rings (SSSR count). The Morgan fingerprint density at radius 3 is 3.11 bits per heavy atom. The Bertz CT molecular complexity index is 509. The monoisotopic (exact) mass is 244 g/mol. The van der Waals surface area contributed by atoms with Crippen LogP contribution in [-0.4, -0.2) is 34.1 Å². The maximum absolute atomic E-state index is 5.91. The van der Waals surface area contributed by atoms with Crippen LogP contribution in [0.1, 0.15) is 6.42 Å². The van der Waals surface area contributed by atoms with Crippen molar-refractivity contribution in [1.29, 1.82) is 0 Å². The van der Waals surface area contributed by atoms with Crippen molar-refractivity contribution in [3.8, 4) is 0 Å². The maximum atomic E-state index is 5.91. The van der Waals surface area contributed by atoms with E-state index in [1.807, 2.05) is 24.5 Å². The summed E-state index contributed by atoms with van der Waals surface area (Å²) in [5.41, 5.74) is 6.89. The predicted octanol–water partition coefficient (Wildman–Crippen LogP) is 1.09. The summed E-state index contributed by atoms with van der Waals surface area (Å²) in [5, 5.41) is 3.22. The van der Waals surface area contributed by atoms with Gasteiger partial charge < -0.3 is 20.9 Å². The first-order chi connectivity index (χ1) is 8.81. The van der Waals surface area contributed by atoms with Crippen molar-refractivity contribution in [2.45, 2.75) is 12.5 Å². The number of nitrogens with zero attached hydrogens (tertiary/aromatic N) is 3. The molecule has 18 heavy (non-hydrogen) atoms. The number of aromatic amines is 1. The molecule has 3 heterocycles. The molecule has 0 radical (unpaired) electrons. The highest BCUT2D eigenvalue weighted by Crippen LogP contribution is 2.20. The molecule has 2 aromatic heterocycles. The summed E-state index contributed by atoms with van der Waals surface area (Å²) in [4.78, 5) is 13.7. The number of anilines is 3. The van der Waals surface area contributed by atoms with Crippen molar-refractivity contribution in [2.75, 3.05) is 23.3 Å². The first-order valence-electron chi connectivity index (χ1n) is 6.03. The number of nitrogens with two attached hydrogens (primary N) is 1. The van der Waals surface area contributed by atoms with Gasteiger partial charge in [-0.05, 0) is 12.5 Å². The minimum atomic E-state index is 0.251. The summed E-state index contributed by atoms with van der Waals surface area (Å²) in [5.74, 6) is 1.72. The van der Waals surface area contributed by atoms with Gasteiger partial charge in [-0.15, -0.1) is 0 Å². The minimum absolute atomic E-state index is 0.251. The zero-order chi connectivity index (χ0) is 12.4. The minimum Gasteiger partial charge on any atom is -0.366 e. The summed E-state index contributed by atoms with van der Waals surface area (Å²) in [6.07, 6.45) is 6.34. The molecule has 1 aliphatic heterocycles. The molecule has 0 amide bonds. The van der Waals surface area contributed by atoms with Gasteiger partial charge in [-0.3, -0.25) is 0 Å². The van der Waals surface area contributed by atoms with Crippen LogP contribution in [0.2, 0.25) is 0 Å². The predicted molar refractivity (Wildman–Crippen MR) is 70.9 cm³/mol. The van der Waals surface area contributed by atoms with Crippen LogP contribution in [-0.2, 0) is 0 Å². The molecule has 1 saturated heterocycles. The number of rotatable bonds is 3. The fourth-order valence-electron chi connectivity index (χ4n) is 2.13. The third kappa shape index (κ3) is 2.28. The molecule has 94 valence electrons. The van der Waals surface area contributed by atoms with Gasteiger partial charge in [0.2, 0.25) is 0 Å². The lowest BCUT2D eigenvalue weighted by atomic mass is 10.3. The summed E-state index contributed by atoms with van der Waals surface area (Å²) in [7, 11) is 0. The van der Waals surface area contributed by atoms with Crippen LogP contribution >= 0.6 is 0 Å². The number of hydrogen-bond donors (Lipinski definition) is 3. The second kappa shape index (κ2) is 4.66. The highest BCUT2D eigenvalue weighted by atomic mass is 15.2. The first-order valence-corrected chi connectivity index (χ1v) is 6.03. The molecule has 6 heteroatoms. The fraction of sp³-hybridized carbons (Fsp3) is 0.333. The van der Waals surface area contributed by atoms with Crippen molar-refractivity contribution in [1.82, 2.24) is 15.0 Å². The van der Waals surface area contributed by atoms with Crippen LogP contribution in [0.4, 0.5) is 17.3 Å². The third-order valence-corrected chi connectivity index (χ3v) is 3.07. The molecular formula is C12H16N6. The summed E-state index contributed by atoms with van der Waals surface area (Å²) in [6, 6.07) is 4.15. The van der Waals surface area contributed by atoms with Gasteiger partial charge in [-0.1, -0.05) is 0 Å². The lowest BCUT2D eigenvalue weighted by Gasteiger charge is -2.17. The van der Waals surface area contributed by atoms with E-state index in [1.165, 1.54) is 0 Å². The van der Waals surface area contributed by atoms with Gasteiger partial charge in [0.25, 0.3) is 0 Å². The summed E-state index contributed by atoms with van der Waals surface area (Å²) >= 11 is 0. The van der Waals surface area contributed by atoms with E-state index in [2.05, 4.69) is 25.2 Å². The van der Waals surface area contributed by atoms with Crippen molar-refractivity contribution >= 4 is 17.3 Å². The molecule has 0 aromatic carbocycles. The second-order valence-electron chi connectivity index (χ2n) is 4.48. The van der Waals surface area contributed by atoms with Crippen LogP contribution in [0, 0.1) is 0 Å². The van der Waals surface area contributed by atoms with E-state index in [1.54, 1.807) is 6.33 Å². The Labute approximate surface area is 105 Å². The molecule has 0 spiro atoms. The summed E-state index contributed by atoms with van der Waals surface area (Å²) < 4.78 is 0. The lowest BCUT2D eigenvalue weighted by molar-refractivity contribution is 0.751. The van der Waals surface area contributed by atoms with Crippen molar-refractivity contribution in [2.24, 2.45) is 5.73 Å². The molecular weight excluding hydrogens is 228 g/mol. The van der Waals surface area contributed by atoms with E-state index >= 15 is 0 Å². The Morgan fingerprint density at radius 2 is 2.39 bits per heavy atom. The van der Waals surface area contributed by atoms with E-state index in [9.17, 15) is 0 Å². The smallest absolute Gasteiger partial charge is 0.135 e. The molecule has 1 unspecified atom stereocenters.